The molecule has 2 aromatic carbocycles. The molecule has 13 heteroatoms. The number of benzene rings is 2. The Morgan fingerprint density at radius 1 is 0.830 bits per heavy atom. The van der Waals surface area contributed by atoms with E-state index in [2.05, 4.69) is 25.0 Å². The maximum Gasteiger partial charge on any atom is 0.235 e. The van der Waals surface area contributed by atoms with E-state index in [1.807, 2.05) is 76.3 Å². The Kier molecular flexibility index (Phi) is 8.57. The Bertz CT molecular complexity index is 2220. The van der Waals surface area contributed by atoms with E-state index in [0.717, 1.165) is 91.1 Å². The molecular formula is C40H40FN9O3. The number of para-hydroxylation sites is 1. The van der Waals surface area contributed by atoms with Crippen molar-refractivity contribution in [1.29, 1.82) is 0 Å². The first-order valence-corrected chi connectivity index (χ1v) is 18.5. The van der Waals surface area contributed by atoms with Crippen LogP contribution in [-0.4, -0.2) is 88.0 Å². The van der Waals surface area contributed by atoms with Crippen molar-refractivity contribution >= 4 is 40.7 Å². The number of nitrogens with one attached hydrogen (secondary N) is 1. The molecule has 270 valence electrons. The first-order valence-electron chi connectivity index (χ1n) is 18.5. The predicted octanol–water partition coefficient (Wildman–Crippen LogP) is 4.58. The van der Waals surface area contributed by atoms with Crippen molar-refractivity contribution in [2.24, 2.45) is 5.92 Å². The van der Waals surface area contributed by atoms with Gasteiger partial charge in [0.15, 0.2) is 5.65 Å². The number of amides is 3. The summed E-state index contributed by atoms with van der Waals surface area (Å²) in [6.07, 6.45) is 4.38. The molecule has 4 aliphatic rings. The summed E-state index contributed by atoms with van der Waals surface area (Å²) in [6, 6.07) is 24.6. The van der Waals surface area contributed by atoms with Gasteiger partial charge in [0.2, 0.25) is 17.7 Å². The Balaban J connectivity index is 0.863. The molecule has 4 aliphatic heterocycles. The molecule has 0 spiro atoms. The van der Waals surface area contributed by atoms with Crippen LogP contribution in [0.5, 0.6) is 0 Å². The van der Waals surface area contributed by atoms with Gasteiger partial charge in [-0.2, -0.15) is 0 Å². The summed E-state index contributed by atoms with van der Waals surface area (Å²) in [5.74, 6) is -0.335. The lowest BCUT2D eigenvalue weighted by atomic mass is 9.81. The SMILES string of the molecule is O=C1CCC(C2C(=O)N(CCN3CCN(c4cccc(-c5cnc6ccc(N7CCC[C@@H]7c7cccc(F)c7)nn56)n4)CC3)c3ccccc32)C(=O)N1. The van der Waals surface area contributed by atoms with Gasteiger partial charge in [-0.1, -0.05) is 36.4 Å². The summed E-state index contributed by atoms with van der Waals surface area (Å²) in [6.45, 7) is 5.27. The molecule has 0 radical (unpaired) electrons. The third-order valence-corrected chi connectivity index (χ3v) is 11.2. The third-order valence-electron chi connectivity index (χ3n) is 11.2. The van der Waals surface area contributed by atoms with Gasteiger partial charge in [-0.05, 0) is 72.9 Å². The van der Waals surface area contributed by atoms with Gasteiger partial charge in [0.25, 0.3) is 0 Å². The Labute approximate surface area is 306 Å². The highest BCUT2D eigenvalue weighted by atomic mass is 19.1. The van der Waals surface area contributed by atoms with E-state index in [-0.39, 0.29) is 36.0 Å². The summed E-state index contributed by atoms with van der Waals surface area (Å²) < 4.78 is 15.9. The fourth-order valence-electron chi connectivity index (χ4n) is 8.54. The number of anilines is 3. The Hall–Kier alpha value is -5.69. The maximum absolute atomic E-state index is 14.1. The number of piperidine rings is 1. The molecule has 3 atom stereocenters. The summed E-state index contributed by atoms with van der Waals surface area (Å²) in [4.78, 5) is 56.7. The molecule has 1 N–H and O–H groups in total. The van der Waals surface area contributed by atoms with Gasteiger partial charge in [-0.15, -0.1) is 5.10 Å². The molecule has 9 rings (SSSR count). The molecule has 3 saturated heterocycles. The number of rotatable bonds is 8. The summed E-state index contributed by atoms with van der Waals surface area (Å²) in [5.41, 5.74) is 4.99. The first kappa shape index (κ1) is 33.2. The second-order valence-electron chi connectivity index (χ2n) is 14.3. The predicted molar refractivity (Wildman–Crippen MR) is 198 cm³/mol. The van der Waals surface area contributed by atoms with E-state index in [1.165, 1.54) is 6.07 Å². The number of aromatic nitrogens is 4. The number of piperazine rings is 1. The van der Waals surface area contributed by atoms with E-state index >= 15 is 0 Å². The zero-order chi connectivity index (χ0) is 36.1. The third kappa shape index (κ3) is 6.18. The van der Waals surface area contributed by atoms with Crippen LogP contribution in [0, 0.1) is 11.7 Å². The van der Waals surface area contributed by atoms with Crippen molar-refractivity contribution in [2.75, 3.05) is 60.5 Å². The minimum atomic E-state index is -0.568. The van der Waals surface area contributed by atoms with Crippen LogP contribution in [0.3, 0.4) is 0 Å². The molecule has 2 unspecified atom stereocenters. The monoisotopic (exact) mass is 713 g/mol. The van der Waals surface area contributed by atoms with Gasteiger partial charge >= 0.3 is 0 Å². The number of halogens is 1. The molecule has 0 aliphatic carbocycles. The zero-order valence-electron chi connectivity index (χ0n) is 29.3. The van der Waals surface area contributed by atoms with Crippen molar-refractivity contribution in [2.45, 2.75) is 37.6 Å². The molecule has 53 heavy (non-hydrogen) atoms. The number of imide groups is 1. The van der Waals surface area contributed by atoms with Gasteiger partial charge < -0.3 is 14.7 Å². The molecule has 3 fully saturated rings. The summed E-state index contributed by atoms with van der Waals surface area (Å²) in [5, 5.41) is 7.45. The first-order chi connectivity index (χ1) is 25.9. The van der Waals surface area contributed by atoms with E-state index in [1.54, 1.807) is 12.1 Å². The van der Waals surface area contributed by atoms with Gasteiger partial charge in [-0.25, -0.2) is 18.9 Å². The lowest BCUT2D eigenvalue weighted by Gasteiger charge is -2.36. The molecule has 7 heterocycles. The fraction of sp³-hybridized carbons (Fsp3) is 0.350. The molecule has 3 amide bonds. The molecule has 0 bridgehead atoms. The normalized spacial score (nSPS) is 22.2. The number of carbonyl (C=O) groups is 3. The Morgan fingerprint density at radius 3 is 2.53 bits per heavy atom. The van der Waals surface area contributed by atoms with Gasteiger partial charge in [0.05, 0.1) is 29.8 Å². The van der Waals surface area contributed by atoms with E-state index in [9.17, 15) is 18.8 Å². The van der Waals surface area contributed by atoms with Crippen molar-refractivity contribution in [3.8, 4) is 11.4 Å². The fourth-order valence-corrected chi connectivity index (χ4v) is 8.54. The minimum Gasteiger partial charge on any atom is -0.354 e. The summed E-state index contributed by atoms with van der Waals surface area (Å²) in [7, 11) is 0. The average Bonchev–Trinajstić information content (AvgIpc) is 3.91. The van der Waals surface area contributed by atoms with Crippen LogP contribution in [-0.2, 0) is 14.4 Å². The lowest BCUT2D eigenvalue weighted by molar-refractivity contribution is -0.139. The van der Waals surface area contributed by atoms with E-state index < -0.39 is 11.8 Å². The molecule has 3 aromatic heterocycles. The van der Waals surface area contributed by atoms with Crippen LogP contribution in [0.4, 0.5) is 21.7 Å². The number of hydrogen-bond acceptors (Lipinski definition) is 9. The summed E-state index contributed by atoms with van der Waals surface area (Å²) >= 11 is 0. The van der Waals surface area contributed by atoms with E-state index in [4.69, 9.17) is 10.1 Å². The quantitative estimate of drug-likeness (QED) is 0.231. The molecule has 12 nitrogen and oxygen atoms in total. The highest BCUT2D eigenvalue weighted by molar-refractivity contribution is 6.09. The standard InChI is InChI=1S/C40H40FN9O3/c41-27-7-3-6-26(24-27)31-11-5-17-48(31)36-15-14-34-42-25-33(50(34)45-36)30-9-4-12-35(43-30)47-21-18-46(19-22-47)20-23-49-32-10-2-1-8-28(32)38(40(49)53)29-13-16-37(51)44-39(29)52/h1-4,6-10,12,14-15,24-25,29,31,38H,5,11,13,16-23H2,(H,44,51,52)/t29?,31-,38?/m1/s1. The molecule has 5 aromatic rings. The Morgan fingerprint density at radius 2 is 1.68 bits per heavy atom. The van der Waals surface area contributed by atoms with Crippen LogP contribution in [0.25, 0.3) is 17.0 Å². The van der Waals surface area contributed by atoms with Crippen LogP contribution in [0.2, 0.25) is 0 Å². The average molecular weight is 714 g/mol. The van der Waals surface area contributed by atoms with Gasteiger partial charge in [0.1, 0.15) is 23.1 Å². The highest BCUT2D eigenvalue weighted by Gasteiger charge is 2.46. The number of hydrogen-bond donors (Lipinski definition) is 1. The number of carbonyl (C=O) groups excluding carboxylic acids is 3. The molecular weight excluding hydrogens is 673 g/mol. The van der Waals surface area contributed by atoms with Crippen molar-refractivity contribution in [3.63, 3.8) is 0 Å². The topological polar surface area (TPSA) is 119 Å². The van der Waals surface area contributed by atoms with Crippen LogP contribution < -0.4 is 20.0 Å². The van der Waals surface area contributed by atoms with Crippen molar-refractivity contribution in [1.82, 2.24) is 29.8 Å². The number of fused-ring (bicyclic) bond motifs is 2. The van der Waals surface area contributed by atoms with E-state index in [0.29, 0.717) is 19.5 Å². The lowest BCUT2D eigenvalue weighted by Crippen LogP contribution is -2.49. The van der Waals surface area contributed by atoms with Crippen LogP contribution >= 0.6 is 0 Å². The molecule has 0 saturated carbocycles. The van der Waals surface area contributed by atoms with Crippen molar-refractivity contribution in [3.05, 3.63) is 102 Å². The zero-order valence-corrected chi connectivity index (χ0v) is 29.3. The number of nitrogens with zero attached hydrogens (tertiary/aromatic N) is 8. The smallest absolute Gasteiger partial charge is 0.235 e. The number of imidazole rings is 1. The second-order valence-corrected chi connectivity index (χ2v) is 14.3. The number of pyridine rings is 1. The van der Waals surface area contributed by atoms with Gasteiger partial charge in [-0.3, -0.25) is 24.6 Å². The largest absolute Gasteiger partial charge is 0.354 e. The highest BCUT2D eigenvalue weighted by Crippen LogP contribution is 2.43. The minimum absolute atomic E-state index is 0.0594. The second kappa shape index (κ2) is 13.7. The van der Waals surface area contributed by atoms with Gasteiger partial charge in [0, 0.05) is 57.9 Å². The van der Waals surface area contributed by atoms with Crippen LogP contribution in [0.1, 0.15) is 48.8 Å². The maximum atomic E-state index is 14.1. The van der Waals surface area contributed by atoms with Crippen molar-refractivity contribution < 1.29 is 18.8 Å². The van der Waals surface area contributed by atoms with Crippen LogP contribution in [0.15, 0.2) is 85.1 Å².